The number of ether oxygens (including phenoxy) is 1. The number of likely N-dealkylation sites (N-methyl/N-ethyl adjacent to an activating group) is 2. The quantitative estimate of drug-likeness (QED) is 0.721. The molecule has 0 unspecified atom stereocenters. The van der Waals surface area contributed by atoms with Gasteiger partial charge in [0.1, 0.15) is 5.82 Å². The predicted molar refractivity (Wildman–Crippen MR) is 85.3 cm³/mol. The molecule has 6 nitrogen and oxygen atoms in total. The predicted octanol–water partition coefficient (Wildman–Crippen LogP) is 1.73. The molecule has 0 spiro atoms. The number of nitrogens with one attached hydrogen (secondary N) is 1. The van der Waals surface area contributed by atoms with Crippen LogP contribution in [0.1, 0.15) is 24.2 Å². The van der Waals surface area contributed by atoms with Crippen molar-refractivity contribution >= 4 is 33.7 Å². The normalized spacial score (nSPS) is 10.1. The third kappa shape index (κ3) is 5.97. The van der Waals surface area contributed by atoms with E-state index in [2.05, 4.69) is 21.2 Å². The van der Waals surface area contributed by atoms with Gasteiger partial charge in [-0.25, -0.2) is 9.18 Å². The monoisotopic (exact) mass is 388 g/mol. The molecule has 126 valence electrons. The fraction of sp³-hybridized carbons (Fsp3) is 0.400. The highest BCUT2D eigenvalue weighted by Crippen LogP contribution is 2.18. The van der Waals surface area contributed by atoms with Crippen LogP contribution in [0, 0.1) is 5.82 Å². The van der Waals surface area contributed by atoms with Gasteiger partial charge in [-0.15, -0.1) is 0 Å². The van der Waals surface area contributed by atoms with Crippen LogP contribution >= 0.6 is 15.9 Å². The van der Waals surface area contributed by atoms with Crippen LogP contribution in [-0.4, -0.2) is 48.9 Å². The van der Waals surface area contributed by atoms with Crippen LogP contribution in [0.5, 0.6) is 0 Å². The number of nitrogens with zero attached hydrogens (tertiary/aromatic N) is 1. The lowest BCUT2D eigenvalue weighted by Crippen LogP contribution is -2.42. The molecule has 23 heavy (non-hydrogen) atoms. The summed E-state index contributed by atoms with van der Waals surface area (Å²) in [4.78, 5) is 36.6. The van der Waals surface area contributed by atoms with Gasteiger partial charge in [0.05, 0.1) is 12.1 Å². The minimum atomic E-state index is -0.821. The highest BCUT2D eigenvalue weighted by molar-refractivity contribution is 9.10. The summed E-state index contributed by atoms with van der Waals surface area (Å²) in [5, 5.41) is 2.58. The molecule has 2 amide bonds. The van der Waals surface area contributed by atoms with Gasteiger partial charge in [-0.3, -0.25) is 9.59 Å². The van der Waals surface area contributed by atoms with Crippen LogP contribution in [0.15, 0.2) is 22.7 Å². The van der Waals surface area contributed by atoms with Crippen LogP contribution < -0.4 is 5.32 Å². The zero-order valence-corrected chi connectivity index (χ0v) is 14.5. The molecule has 0 aliphatic rings. The van der Waals surface area contributed by atoms with Crippen molar-refractivity contribution < 1.29 is 23.5 Å². The Balaban J connectivity index is 2.61. The van der Waals surface area contributed by atoms with E-state index in [1.807, 2.05) is 0 Å². The number of amides is 2. The molecule has 1 rings (SSSR count). The van der Waals surface area contributed by atoms with Gasteiger partial charge < -0.3 is 15.0 Å². The summed E-state index contributed by atoms with van der Waals surface area (Å²) in [6, 6.07) is 3.58. The van der Waals surface area contributed by atoms with Gasteiger partial charge in [-0.2, -0.15) is 0 Å². The van der Waals surface area contributed by atoms with E-state index in [1.54, 1.807) is 13.8 Å². The summed E-state index contributed by atoms with van der Waals surface area (Å²) in [5.74, 6) is -2.20. The van der Waals surface area contributed by atoms with E-state index < -0.39 is 24.3 Å². The molecule has 0 atom stereocenters. The Kier molecular flexibility index (Phi) is 7.67. The molecule has 0 saturated carbocycles. The fourth-order valence-corrected chi connectivity index (χ4v) is 2.16. The van der Waals surface area contributed by atoms with Gasteiger partial charge in [0.25, 0.3) is 5.91 Å². The highest BCUT2D eigenvalue weighted by Gasteiger charge is 2.19. The van der Waals surface area contributed by atoms with Gasteiger partial charge in [-0.05, 0) is 48.0 Å². The number of carbonyl (C=O) groups excluding carboxylic acids is 3. The zero-order valence-electron chi connectivity index (χ0n) is 12.9. The van der Waals surface area contributed by atoms with Crippen molar-refractivity contribution in [3.63, 3.8) is 0 Å². The molecule has 1 N–H and O–H groups in total. The number of hydrogen-bond acceptors (Lipinski definition) is 4. The number of hydrogen-bond donors (Lipinski definition) is 1. The van der Waals surface area contributed by atoms with Gasteiger partial charge in [-0.1, -0.05) is 0 Å². The van der Waals surface area contributed by atoms with Crippen molar-refractivity contribution in [2.75, 3.05) is 26.2 Å². The van der Waals surface area contributed by atoms with E-state index in [1.165, 1.54) is 17.0 Å². The summed E-state index contributed by atoms with van der Waals surface area (Å²) in [5.41, 5.74) is -0.00965. The first-order chi connectivity index (χ1) is 10.9. The third-order valence-electron chi connectivity index (χ3n) is 2.92. The molecule has 1 aromatic carbocycles. The summed E-state index contributed by atoms with van der Waals surface area (Å²) in [6.07, 6.45) is 0. The van der Waals surface area contributed by atoms with Gasteiger partial charge in [0, 0.05) is 17.6 Å². The van der Waals surface area contributed by atoms with Gasteiger partial charge in [0.15, 0.2) is 6.61 Å². The van der Waals surface area contributed by atoms with Crippen molar-refractivity contribution in [1.82, 2.24) is 10.2 Å². The first kappa shape index (κ1) is 19.1. The Bertz CT molecular complexity index is 595. The molecular formula is C15H18BrFN2O4. The van der Waals surface area contributed by atoms with E-state index in [4.69, 9.17) is 4.74 Å². The Labute approximate surface area is 142 Å². The number of halogens is 2. The van der Waals surface area contributed by atoms with Crippen molar-refractivity contribution in [1.29, 1.82) is 0 Å². The SMILES string of the molecule is CCNC(=O)CN(CC)C(=O)COC(=O)c1cc(F)ccc1Br. The van der Waals surface area contributed by atoms with E-state index in [0.29, 0.717) is 17.6 Å². The van der Waals surface area contributed by atoms with Crippen molar-refractivity contribution in [3.8, 4) is 0 Å². The van der Waals surface area contributed by atoms with Crippen LogP contribution in [-0.2, 0) is 14.3 Å². The maximum absolute atomic E-state index is 13.2. The van der Waals surface area contributed by atoms with Crippen LogP contribution in [0.3, 0.4) is 0 Å². The molecule has 0 radical (unpaired) electrons. The van der Waals surface area contributed by atoms with Crippen LogP contribution in [0.2, 0.25) is 0 Å². The first-order valence-corrected chi connectivity index (χ1v) is 7.85. The van der Waals surface area contributed by atoms with Gasteiger partial charge >= 0.3 is 5.97 Å². The van der Waals surface area contributed by atoms with Crippen LogP contribution in [0.25, 0.3) is 0 Å². The largest absolute Gasteiger partial charge is 0.452 e. The third-order valence-corrected chi connectivity index (χ3v) is 3.61. The minimum absolute atomic E-state index is 0.00965. The average molecular weight is 389 g/mol. The number of carbonyl (C=O) groups is 3. The lowest BCUT2D eigenvalue weighted by atomic mass is 10.2. The van der Waals surface area contributed by atoms with Gasteiger partial charge in [0.2, 0.25) is 5.91 Å². The Morgan fingerprint density at radius 3 is 2.61 bits per heavy atom. The van der Waals surface area contributed by atoms with E-state index in [-0.39, 0.29) is 18.0 Å². The van der Waals surface area contributed by atoms with Crippen molar-refractivity contribution in [2.45, 2.75) is 13.8 Å². The zero-order chi connectivity index (χ0) is 17.4. The lowest BCUT2D eigenvalue weighted by Gasteiger charge is -2.20. The Morgan fingerprint density at radius 1 is 1.30 bits per heavy atom. The summed E-state index contributed by atoms with van der Waals surface area (Å²) < 4.78 is 18.4. The van der Waals surface area contributed by atoms with E-state index >= 15 is 0 Å². The average Bonchev–Trinajstić information content (AvgIpc) is 2.52. The summed E-state index contributed by atoms with van der Waals surface area (Å²) >= 11 is 3.11. The summed E-state index contributed by atoms with van der Waals surface area (Å²) in [7, 11) is 0. The first-order valence-electron chi connectivity index (χ1n) is 7.05. The maximum atomic E-state index is 13.2. The smallest absolute Gasteiger partial charge is 0.339 e. The van der Waals surface area contributed by atoms with Crippen molar-refractivity contribution in [2.24, 2.45) is 0 Å². The Morgan fingerprint density at radius 2 is 2.00 bits per heavy atom. The molecule has 0 fully saturated rings. The second-order valence-electron chi connectivity index (χ2n) is 4.56. The molecule has 0 bridgehead atoms. The second kappa shape index (κ2) is 9.24. The van der Waals surface area contributed by atoms with Crippen molar-refractivity contribution in [3.05, 3.63) is 34.1 Å². The number of esters is 1. The van der Waals surface area contributed by atoms with Crippen LogP contribution in [0.4, 0.5) is 4.39 Å². The van der Waals surface area contributed by atoms with E-state index in [9.17, 15) is 18.8 Å². The highest BCUT2D eigenvalue weighted by atomic mass is 79.9. The fourth-order valence-electron chi connectivity index (χ4n) is 1.75. The molecule has 0 aliphatic heterocycles. The second-order valence-corrected chi connectivity index (χ2v) is 5.42. The number of benzene rings is 1. The molecule has 0 aromatic heterocycles. The lowest BCUT2D eigenvalue weighted by molar-refractivity contribution is -0.138. The topological polar surface area (TPSA) is 75.7 Å². The molecule has 1 aromatic rings. The summed E-state index contributed by atoms with van der Waals surface area (Å²) in [6.45, 7) is 3.63. The Hall–Kier alpha value is -1.96. The maximum Gasteiger partial charge on any atom is 0.339 e. The molecular weight excluding hydrogens is 371 g/mol. The molecule has 0 aliphatic carbocycles. The standard InChI is InChI=1S/C15H18BrFN2O4/c1-3-18-13(20)8-19(4-2)14(21)9-23-15(22)11-7-10(17)5-6-12(11)16/h5-7H,3-4,8-9H2,1-2H3,(H,18,20). The van der Waals surface area contributed by atoms with E-state index in [0.717, 1.165) is 6.07 Å². The molecule has 0 heterocycles. The minimum Gasteiger partial charge on any atom is -0.452 e. The number of rotatable bonds is 7. The molecule has 0 saturated heterocycles. The molecule has 8 heteroatoms.